The molecular weight excluding hydrogens is 356 g/mol. The van der Waals surface area contributed by atoms with Crippen LogP contribution in [0.25, 0.3) is 0 Å². The molecule has 0 bridgehead atoms. The standard InChI is InChI=1S/C20H20N6O2/c1-13-23-18(11-19(24-13)22-12-17-6-3-4-9-21-17)20(28)26-16-8-5-7-15(10-16)25-14(2)27/h3-11H,12H2,1-2H3,(H,25,27)(H,26,28)(H,22,23,24). The summed E-state index contributed by atoms with van der Waals surface area (Å²) in [5.41, 5.74) is 2.25. The van der Waals surface area contributed by atoms with Crippen molar-refractivity contribution in [2.24, 2.45) is 0 Å². The number of aromatic nitrogens is 3. The van der Waals surface area contributed by atoms with Crippen molar-refractivity contribution in [2.45, 2.75) is 20.4 Å². The van der Waals surface area contributed by atoms with E-state index < -0.39 is 0 Å². The minimum Gasteiger partial charge on any atom is -0.364 e. The lowest BCUT2D eigenvalue weighted by molar-refractivity contribution is -0.114. The summed E-state index contributed by atoms with van der Waals surface area (Å²) in [6.45, 7) is 3.63. The minimum atomic E-state index is -0.369. The topological polar surface area (TPSA) is 109 Å². The second-order valence-electron chi connectivity index (χ2n) is 6.08. The Morgan fingerprint density at radius 1 is 0.964 bits per heavy atom. The minimum absolute atomic E-state index is 0.182. The van der Waals surface area contributed by atoms with Gasteiger partial charge < -0.3 is 16.0 Å². The molecule has 0 aliphatic heterocycles. The fourth-order valence-corrected chi connectivity index (χ4v) is 2.53. The molecule has 8 nitrogen and oxygen atoms in total. The maximum absolute atomic E-state index is 12.6. The van der Waals surface area contributed by atoms with Gasteiger partial charge in [0.15, 0.2) is 0 Å². The van der Waals surface area contributed by atoms with E-state index in [2.05, 4.69) is 30.9 Å². The summed E-state index contributed by atoms with van der Waals surface area (Å²) in [5, 5.41) is 8.61. The van der Waals surface area contributed by atoms with Crippen molar-refractivity contribution in [3.63, 3.8) is 0 Å². The smallest absolute Gasteiger partial charge is 0.274 e. The summed E-state index contributed by atoms with van der Waals surface area (Å²) in [5.74, 6) is 0.461. The number of rotatable bonds is 6. The highest BCUT2D eigenvalue weighted by Crippen LogP contribution is 2.16. The van der Waals surface area contributed by atoms with Crippen LogP contribution in [0.5, 0.6) is 0 Å². The Hall–Kier alpha value is -3.81. The molecule has 2 amide bonds. The molecule has 142 valence electrons. The molecule has 0 saturated heterocycles. The molecule has 2 aromatic heterocycles. The van der Waals surface area contributed by atoms with Gasteiger partial charge in [0.05, 0.1) is 12.2 Å². The molecule has 0 aliphatic carbocycles. The molecular formula is C20H20N6O2. The van der Waals surface area contributed by atoms with Crippen LogP contribution in [0.3, 0.4) is 0 Å². The maximum atomic E-state index is 12.6. The van der Waals surface area contributed by atoms with Crippen LogP contribution in [0.1, 0.15) is 28.9 Å². The van der Waals surface area contributed by atoms with E-state index in [0.717, 1.165) is 5.69 Å². The number of carbonyl (C=O) groups excluding carboxylic acids is 2. The molecule has 0 unspecified atom stereocenters. The third-order valence-electron chi connectivity index (χ3n) is 3.69. The molecule has 0 radical (unpaired) electrons. The van der Waals surface area contributed by atoms with Crippen LogP contribution in [-0.2, 0) is 11.3 Å². The first-order chi connectivity index (χ1) is 13.5. The summed E-state index contributed by atoms with van der Waals surface area (Å²) >= 11 is 0. The lowest BCUT2D eigenvalue weighted by atomic mass is 10.2. The zero-order valence-electron chi connectivity index (χ0n) is 15.6. The zero-order chi connectivity index (χ0) is 19.9. The van der Waals surface area contributed by atoms with Gasteiger partial charge in [-0.15, -0.1) is 0 Å². The third-order valence-corrected chi connectivity index (χ3v) is 3.69. The molecule has 0 aliphatic rings. The van der Waals surface area contributed by atoms with E-state index in [4.69, 9.17) is 0 Å². The van der Waals surface area contributed by atoms with Crippen LogP contribution < -0.4 is 16.0 Å². The number of aryl methyl sites for hydroxylation is 1. The quantitative estimate of drug-likeness (QED) is 0.610. The lowest BCUT2D eigenvalue weighted by Crippen LogP contribution is -2.16. The number of carbonyl (C=O) groups is 2. The summed E-state index contributed by atoms with van der Waals surface area (Å²) in [7, 11) is 0. The largest absolute Gasteiger partial charge is 0.364 e. The average molecular weight is 376 g/mol. The summed E-state index contributed by atoms with van der Waals surface area (Å²) < 4.78 is 0. The van der Waals surface area contributed by atoms with Crippen molar-refractivity contribution in [1.29, 1.82) is 0 Å². The molecule has 0 saturated carbocycles. The predicted molar refractivity (Wildman–Crippen MR) is 107 cm³/mol. The highest BCUT2D eigenvalue weighted by atomic mass is 16.2. The Kier molecular flexibility index (Phi) is 5.91. The molecule has 3 rings (SSSR count). The lowest BCUT2D eigenvalue weighted by Gasteiger charge is -2.10. The van der Waals surface area contributed by atoms with Crippen LogP contribution in [0.2, 0.25) is 0 Å². The van der Waals surface area contributed by atoms with Crippen molar-refractivity contribution < 1.29 is 9.59 Å². The monoisotopic (exact) mass is 376 g/mol. The van der Waals surface area contributed by atoms with E-state index in [1.807, 2.05) is 18.2 Å². The SMILES string of the molecule is CC(=O)Nc1cccc(NC(=O)c2cc(NCc3ccccn3)nc(C)n2)c1. The molecule has 1 aromatic carbocycles. The second-order valence-corrected chi connectivity index (χ2v) is 6.08. The Balaban J connectivity index is 1.71. The third kappa shape index (κ3) is 5.34. The van der Waals surface area contributed by atoms with Gasteiger partial charge in [0.25, 0.3) is 5.91 Å². The maximum Gasteiger partial charge on any atom is 0.274 e. The van der Waals surface area contributed by atoms with E-state index in [-0.39, 0.29) is 17.5 Å². The molecule has 3 N–H and O–H groups in total. The number of hydrogen-bond donors (Lipinski definition) is 3. The highest BCUT2D eigenvalue weighted by Gasteiger charge is 2.11. The number of hydrogen-bond acceptors (Lipinski definition) is 6. The van der Waals surface area contributed by atoms with E-state index in [0.29, 0.717) is 29.6 Å². The molecule has 0 spiro atoms. The van der Waals surface area contributed by atoms with Gasteiger partial charge in [0, 0.05) is 30.6 Å². The number of pyridine rings is 1. The van der Waals surface area contributed by atoms with E-state index in [1.54, 1.807) is 43.5 Å². The second kappa shape index (κ2) is 8.72. The van der Waals surface area contributed by atoms with Crippen molar-refractivity contribution in [3.8, 4) is 0 Å². The molecule has 28 heavy (non-hydrogen) atoms. The van der Waals surface area contributed by atoms with E-state index in [1.165, 1.54) is 6.92 Å². The first-order valence-corrected chi connectivity index (χ1v) is 8.68. The Morgan fingerprint density at radius 2 is 1.75 bits per heavy atom. The molecule has 0 fully saturated rings. The number of anilines is 3. The van der Waals surface area contributed by atoms with Crippen molar-refractivity contribution in [2.75, 3.05) is 16.0 Å². The van der Waals surface area contributed by atoms with Crippen molar-refractivity contribution in [1.82, 2.24) is 15.0 Å². The van der Waals surface area contributed by atoms with Gasteiger partial charge in [-0.25, -0.2) is 9.97 Å². The van der Waals surface area contributed by atoms with Gasteiger partial charge in [-0.1, -0.05) is 12.1 Å². The van der Waals surface area contributed by atoms with Gasteiger partial charge in [-0.2, -0.15) is 0 Å². The molecule has 3 aromatic rings. The van der Waals surface area contributed by atoms with Gasteiger partial charge in [-0.3, -0.25) is 14.6 Å². The first-order valence-electron chi connectivity index (χ1n) is 8.68. The summed E-state index contributed by atoms with van der Waals surface area (Å²) in [6.07, 6.45) is 1.72. The van der Waals surface area contributed by atoms with Crippen molar-refractivity contribution >= 4 is 29.0 Å². The normalized spacial score (nSPS) is 10.2. The number of nitrogens with one attached hydrogen (secondary N) is 3. The molecule has 0 atom stereocenters. The van der Waals surface area contributed by atoms with E-state index in [9.17, 15) is 9.59 Å². The molecule has 2 heterocycles. The predicted octanol–water partition coefficient (Wildman–Crippen LogP) is 3.00. The van der Waals surface area contributed by atoms with E-state index >= 15 is 0 Å². The van der Waals surface area contributed by atoms with Gasteiger partial charge in [0.1, 0.15) is 17.3 Å². The van der Waals surface area contributed by atoms with Crippen LogP contribution in [-0.4, -0.2) is 26.8 Å². The Labute approximate surface area is 162 Å². The fraction of sp³-hybridized carbons (Fsp3) is 0.150. The van der Waals surface area contributed by atoms with Crippen LogP contribution in [0.15, 0.2) is 54.7 Å². The van der Waals surface area contributed by atoms with Gasteiger partial charge in [-0.05, 0) is 37.3 Å². The van der Waals surface area contributed by atoms with Crippen LogP contribution in [0.4, 0.5) is 17.2 Å². The molecule has 8 heteroatoms. The number of amides is 2. The Bertz CT molecular complexity index is 991. The summed E-state index contributed by atoms with van der Waals surface area (Å²) in [4.78, 5) is 36.5. The van der Waals surface area contributed by atoms with Gasteiger partial charge in [0.2, 0.25) is 5.91 Å². The zero-order valence-corrected chi connectivity index (χ0v) is 15.6. The first kappa shape index (κ1) is 19.0. The number of nitrogens with zero attached hydrogens (tertiary/aromatic N) is 3. The summed E-state index contributed by atoms with van der Waals surface area (Å²) in [6, 6.07) is 14.1. The van der Waals surface area contributed by atoms with Crippen LogP contribution >= 0.6 is 0 Å². The van der Waals surface area contributed by atoms with Crippen molar-refractivity contribution in [3.05, 3.63) is 71.9 Å². The van der Waals surface area contributed by atoms with Gasteiger partial charge >= 0.3 is 0 Å². The number of benzene rings is 1. The average Bonchev–Trinajstić information content (AvgIpc) is 2.66. The Morgan fingerprint density at radius 3 is 2.46 bits per heavy atom. The van der Waals surface area contributed by atoms with Crippen LogP contribution in [0, 0.1) is 6.92 Å². The highest BCUT2D eigenvalue weighted by molar-refractivity contribution is 6.03. The fourth-order valence-electron chi connectivity index (χ4n) is 2.53.